The zero-order chi connectivity index (χ0) is 19.2. The second-order valence-corrected chi connectivity index (χ2v) is 7.80. The third-order valence-electron chi connectivity index (χ3n) is 5.01. The van der Waals surface area contributed by atoms with Gasteiger partial charge in [0.1, 0.15) is 11.4 Å². The molecule has 1 unspecified atom stereocenters. The molecule has 0 bridgehead atoms. The van der Waals surface area contributed by atoms with Crippen molar-refractivity contribution in [2.24, 2.45) is 5.92 Å². The van der Waals surface area contributed by atoms with Crippen LogP contribution in [0.4, 0.5) is 0 Å². The molecule has 1 saturated heterocycles. The summed E-state index contributed by atoms with van der Waals surface area (Å²) in [5.74, 6) is 1.40. The Hall–Kier alpha value is -1.30. The molecule has 2 N–H and O–H groups in total. The van der Waals surface area contributed by atoms with Gasteiger partial charge in [-0.3, -0.25) is 4.79 Å². The molecule has 1 amide bonds. The van der Waals surface area contributed by atoms with Crippen molar-refractivity contribution in [1.29, 1.82) is 0 Å². The fraction of sp³-hybridized carbons (Fsp3) is 0.667. The number of piperidine rings is 1. The topological polar surface area (TPSA) is 59.6 Å². The van der Waals surface area contributed by atoms with Crippen molar-refractivity contribution in [1.82, 2.24) is 10.6 Å². The van der Waals surface area contributed by atoms with Crippen LogP contribution in [0.1, 0.15) is 51.2 Å². The average molecular weight is 399 g/mol. The molecule has 2 rings (SSSR count). The van der Waals surface area contributed by atoms with E-state index in [2.05, 4.69) is 50.5 Å². The number of halogens is 1. The molecule has 0 aliphatic carbocycles. The van der Waals surface area contributed by atoms with E-state index in [0.717, 1.165) is 36.4 Å². The van der Waals surface area contributed by atoms with E-state index >= 15 is 0 Å². The summed E-state index contributed by atoms with van der Waals surface area (Å²) in [7, 11) is 1.62. The Morgan fingerprint density at radius 1 is 1.26 bits per heavy atom. The van der Waals surface area contributed by atoms with Crippen LogP contribution in [0.25, 0.3) is 0 Å². The monoisotopic (exact) mass is 398 g/mol. The molecular weight excluding hydrogens is 364 g/mol. The van der Waals surface area contributed by atoms with Gasteiger partial charge in [-0.2, -0.15) is 0 Å². The molecule has 1 aromatic rings. The Balaban J connectivity index is 0.00000364. The van der Waals surface area contributed by atoms with E-state index < -0.39 is 5.60 Å². The van der Waals surface area contributed by atoms with E-state index in [9.17, 15) is 4.79 Å². The van der Waals surface area contributed by atoms with Crippen LogP contribution in [0.5, 0.6) is 5.75 Å². The Labute approximate surface area is 170 Å². The second-order valence-electron chi connectivity index (χ2n) is 7.80. The lowest BCUT2D eigenvalue weighted by molar-refractivity contribution is -0.146. The number of nitrogens with one attached hydrogen (secondary N) is 2. The summed E-state index contributed by atoms with van der Waals surface area (Å²) in [5, 5.41) is 6.34. The van der Waals surface area contributed by atoms with Crippen LogP contribution in [0, 0.1) is 12.8 Å². The minimum atomic E-state index is -0.720. The van der Waals surface area contributed by atoms with Crippen molar-refractivity contribution in [2.75, 3.05) is 20.2 Å². The number of rotatable bonds is 8. The smallest absolute Gasteiger partial charge is 0.252 e. The lowest BCUT2D eigenvalue weighted by atomic mass is 9.91. The van der Waals surface area contributed by atoms with Crippen molar-refractivity contribution in [3.8, 4) is 5.75 Å². The van der Waals surface area contributed by atoms with Crippen LogP contribution in [-0.4, -0.2) is 37.8 Å². The van der Waals surface area contributed by atoms with Crippen LogP contribution < -0.4 is 15.4 Å². The molecule has 6 heteroatoms. The van der Waals surface area contributed by atoms with E-state index in [1.165, 1.54) is 0 Å². The summed E-state index contributed by atoms with van der Waals surface area (Å²) >= 11 is 0. The van der Waals surface area contributed by atoms with E-state index in [1.807, 2.05) is 6.07 Å². The van der Waals surface area contributed by atoms with Crippen molar-refractivity contribution < 1.29 is 14.3 Å². The molecule has 27 heavy (non-hydrogen) atoms. The molecular formula is C21H35ClN2O3. The molecule has 5 nitrogen and oxygen atoms in total. The van der Waals surface area contributed by atoms with Crippen LogP contribution >= 0.6 is 12.4 Å². The van der Waals surface area contributed by atoms with Crippen molar-refractivity contribution >= 4 is 18.3 Å². The number of ether oxygens (including phenoxy) is 2. The largest absolute Gasteiger partial charge is 0.490 e. The van der Waals surface area contributed by atoms with Gasteiger partial charge in [-0.25, -0.2) is 0 Å². The first kappa shape index (κ1) is 23.7. The van der Waals surface area contributed by atoms with Gasteiger partial charge in [0.2, 0.25) is 0 Å². The summed E-state index contributed by atoms with van der Waals surface area (Å²) in [6.07, 6.45) is 2.52. The molecule has 1 aliphatic rings. The Bertz CT molecular complexity index is 601. The summed E-state index contributed by atoms with van der Waals surface area (Å²) in [6.45, 7) is 10.6. The van der Waals surface area contributed by atoms with E-state index in [4.69, 9.17) is 9.47 Å². The zero-order valence-electron chi connectivity index (χ0n) is 17.3. The minimum absolute atomic E-state index is 0. The number of hydrogen-bond acceptors (Lipinski definition) is 4. The van der Waals surface area contributed by atoms with Gasteiger partial charge in [-0.05, 0) is 63.7 Å². The van der Waals surface area contributed by atoms with Crippen molar-refractivity contribution in [3.05, 3.63) is 29.3 Å². The molecule has 1 fully saturated rings. The molecule has 0 radical (unpaired) electrons. The predicted molar refractivity (Wildman–Crippen MR) is 112 cm³/mol. The molecule has 0 saturated carbocycles. The van der Waals surface area contributed by atoms with Gasteiger partial charge < -0.3 is 20.1 Å². The first-order valence-electron chi connectivity index (χ1n) is 9.66. The van der Waals surface area contributed by atoms with Gasteiger partial charge in [0.15, 0.2) is 0 Å². The van der Waals surface area contributed by atoms with E-state index in [0.29, 0.717) is 25.3 Å². The van der Waals surface area contributed by atoms with Gasteiger partial charge in [0.05, 0.1) is 6.10 Å². The average Bonchev–Trinajstić information content (AvgIpc) is 2.60. The maximum absolute atomic E-state index is 12.8. The van der Waals surface area contributed by atoms with Gasteiger partial charge in [0.25, 0.3) is 5.91 Å². The second kappa shape index (κ2) is 10.9. The SMILES string of the molecule is COC1(C(=O)NCc2ccc(C)cc2OC(C)CC(C)C)CCNCC1.Cl. The Kier molecular flexibility index (Phi) is 9.57. The molecule has 1 aromatic carbocycles. The number of amides is 1. The first-order chi connectivity index (χ1) is 12.4. The van der Waals surface area contributed by atoms with Gasteiger partial charge in [-0.15, -0.1) is 12.4 Å². The summed E-state index contributed by atoms with van der Waals surface area (Å²) in [4.78, 5) is 12.8. The summed E-state index contributed by atoms with van der Waals surface area (Å²) < 4.78 is 11.8. The molecule has 1 heterocycles. The summed E-state index contributed by atoms with van der Waals surface area (Å²) in [6, 6.07) is 6.14. The number of hydrogen-bond donors (Lipinski definition) is 2. The lowest BCUT2D eigenvalue weighted by Crippen LogP contribution is -2.53. The van der Waals surface area contributed by atoms with Gasteiger partial charge in [0, 0.05) is 19.2 Å². The fourth-order valence-electron chi connectivity index (χ4n) is 3.54. The van der Waals surface area contributed by atoms with Gasteiger partial charge >= 0.3 is 0 Å². The van der Waals surface area contributed by atoms with E-state index in [1.54, 1.807) is 7.11 Å². The van der Waals surface area contributed by atoms with Crippen LogP contribution in [0.3, 0.4) is 0 Å². The number of methoxy groups -OCH3 is 1. The van der Waals surface area contributed by atoms with E-state index in [-0.39, 0.29) is 24.4 Å². The zero-order valence-corrected chi connectivity index (χ0v) is 18.1. The third kappa shape index (κ3) is 6.66. The maximum atomic E-state index is 12.8. The highest BCUT2D eigenvalue weighted by Gasteiger charge is 2.39. The molecule has 1 atom stereocenters. The molecule has 154 valence electrons. The molecule has 0 aromatic heterocycles. The quantitative estimate of drug-likeness (QED) is 0.702. The van der Waals surface area contributed by atoms with Crippen LogP contribution in [-0.2, 0) is 16.1 Å². The number of aryl methyl sites for hydroxylation is 1. The Morgan fingerprint density at radius 3 is 2.52 bits per heavy atom. The standard InChI is InChI=1S/C21H34N2O3.ClH/c1-15(2)12-17(4)26-19-13-16(3)6-7-18(19)14-23-20(24)21(25-5)8-10-22-11-9-21;/h6-7,13,15,17,22H,8-12,14H2,1-5H3,(H,23,24);1H. The highest BCUT2D eigenvalue weighted by molar-refractivity contribution is 5.85. The first-order valence-corrected chi connectivity index (χ1v) is 9.66. The van der Waals surface area contributed by atoms with Crippen molar-refractivity contribution in [2.45, 2.75) is 65.2 Å². The fourth-order valence-corrected chi connectivity index (χ4v) is 3.54. The number of carbonyl (C=O) groups excluding carboxylic acids is 1. The van der Waals surface area contributed by atoms with Crippen molar-refractivity contribution in [3.63, 3.8) is 0 Å². The third-order valence-corrected chi connectivity index (χ3v) is 5.01. The highest BCUT2D eigenvalue weighted by Crippen LogP contribution is 2.25. The number of carbonyl (C=O) groups is 1. The minimum Gasteiger partial charge on any atom is -0.490 e. The summed E-state index contributed by atoms with van der Waals surface area (Å²) in [5.41, 5.74) is 1.43. The van der Waals surface area contributed by atoms with Crippen LogP contribution in [0.2, 0.25) is 0 Å². The highest BCUT2D eigenvalue weighted by atomic mass is 35.5. The predicted octanol–water partition coefficient (Wildman–Crippen LogP) is 3.62. The lowest BCUT2D eigenvalue weighted by Gasteiger charge is -2.34. The van der Waals surface area contributed by atoms with Crippen LogP contribution in [0.15, 0.2) is 18.2 Å². The normalized spacial score (nSPS) is 17.1. The maximum Gasteiger partial charge on any atom is 0.252 e. The van der Waals surface area contributed by atoms with Gasteiger partial charge in [-0.1, -0.05) is 26.0 Å². The Morgan fingerprint density at radius 2 is 1.93 bits per heavy atom. The molecule has 0 spiro atoms. The molecule has 1 aliphatic heterocycles. The number of benzene rings is 1.